The van der Waals surface area contributed by atoms with Crippen LogP contribution in [0.1, 0.15) is 87.3 Å². The lowest BCUT2D eigenvalue weighted by molar-refractivity contribution is -0.137. The molecule has 2 amide bonds. The topological polar surface area (TPSA) is 43.9 Å². The minimum Gasteiger partial charge on any atom is -0.342 e. The number of carbonyl (C=O) groups excluding carboxylic acids is 2. The summed E-state index contributed by atoms with van der Waals surface area (Å²) in [7, 11) is 0. The monoisotopic (exact) mass is 581 g/mol. The zero-order valence-electron chi connectivity index (χ0n) is 24.9. The van der Waals surface area contributed by atoms with Gasteiger partial charge in [0.25, 0.3) is 0 Å². The molecule has 1 saturated carbocycles. The molecule has 226 valence electrons. The van der Waals surface area contributed by atoms with E-state index in [-0.39, 0.29) is 46.8 Å². The summed E-state index contributed by atoms with van der Waals surface area (Å²) in [6, 6.07) is 8.60. The number of hydrogen-bond acceptors (Lipinski definition) is 3. The minimum absolute atomic E-state index is 0.0112. The maximum absolute atomic E-state index is 14.9. The van der Waals surface area contributed by atoms with Gasteiger partial charge < -0.3 is 9.80 Å². The Hall–Kier alpha value is -2.87. The van der Waals surface area contributed by atoms with Crippen LogP contribution in [0.25, 0.3) is 0 Å². The third-order valence-electron chi connectivity index (χ3n) is 10.1. The van der Waals surface area contributed by atoms with Crippen LogP contribution in [-0.2, 0) is 9.59 Å². The maximum atomic E-state index is 14.9. The quantitative estimate of drug-likeness (QED) is 0.417. The van der Waals surface area contributed by atoms with Crippen molar-refractivity contribution >= 4 is 11.8 Å². The van der Waals surface area contributed by atoms with Gasteiger partial charge in [-0.25, -0.2) is 13.2 Å². The molecule has 0 N–H and O–H groups in total. The summed E-state index contributed by atoms with van der Waals surface area (Å²) in [4.78, 5) is 33.4. The van der Waals surface area contributed by atoms with Gasteiger partial charge in [0.1, 0.15) is 17.5 Å². The van der Waals surface area contributed by atoms with E-state index in [4.69, 9.17) is 0 Å². The van der Waals surface area contributed by atoms with Crippen molar-refractivity contribution in [2.75, 3.05) is 39.3 Å². The Bertz CT molecular complexity index is 1340. The highest BCUT2D eigenvalue weighted by molar-refractivity contribution is 5.85. The number of nitrogens with zero attached hydrogens (tertiary/aromatic N) is 3. The zero-order valence-corrected chi connectivity index (χ0v) is 24.9. The molecule has 3 heterocycles. The van der Waals surface area contributed by atoms with Crippen LogP contribution in [0.4, 0.5) is 13.2 Å². The van der Waals surface area contributed by atoms with Crippen LogP contribution < -0.4 is 0 Å². The zero-order chi connectivity index (χ0) is 29.8. The molecule has 1 aliphatic carbocycles. The molecule has 0 spiro atoms. The fourth-order valence-electron chi connectivity index (χ4n) is 7.30. The van der Waals surface area contributed by atoms with E-state index in [1.54, 1.807) is 6.07 Å². The summed E-state index contributed by atoms with van der Waals surface area (Å²) in [5, 5.41) is 0. The molecule has 8 heteroatoms. The maximum Gasteiger partial charge on any atom is 0.230 e. The van der Waals surface area contributed by atoms with Crippen molar-refractivity contribution in [3.05, 3.63) is 70.5 Å². The first kappa shape index (κ1) is 29.2. The van der Waals surface area contributed by atoms with E-state index < -0.39 is 17.6 Å². The molecule has 2 aromatic carbocycles. The molecule has 42 heavy (non-hydrogen) atoms. The smallest absolute Gasteiger partial charge is 0.230 e. The highest BCUT2D eigenvalue weighted by Gasteiger charge is 2.46. The average Bonchev–Trinajstić information content (AvgIpc) is 3.63. The van der Waals surface area contributed by atoms with Crippen LogP contribution in [0.2, 0.25) is 0 Å². The van der Waals surface area contributed by atoms with Crippen LogP contribution in [0.3, 0.4) is 0 Å². The van der Waals surface area contributed by atoms with Crippen molar-refractivity contribution in [2.24, 2.45) is 11.8 Å². The number of halogens is 3. The molecular weight excluding hydrogens is 539 g/mol. The van der Waals surface area contributed by atoms with Crippen molar-refractivity contribution in [1.82, 2.24) is 14.7 Å². The number of rotatable bonds is 6. The van der Waals surface area contributed by atoms with Gasteiger partial charge >= 0.3 is 0 Å². The molecule has 3 saturated heterocycles. The van der Waals surface area contributed by atoms with Gasteiger partial charge in [-0.3, -0.25) is 14.5 Å². The number of hydrogen-bond donors (Lipinski definition) is 0. The SMILES string of the molecule is CC(C)(C)N1CC(C(=O)N2CCC(c3ccc(F)cc3C(C(=O)N3CCC3)C3CC3)CC2)C(c2ccc(F)cc2F)C1. The highest BCUT2D eigenvalue weighted by atomic mass is 19.1. The second-order valence-electron chi connectivity index (χ2n) is 13.8. The molecular formula is C34H42F3N3O2. The molecule has 0 bridgehead atoms. The Balaban J connectivity index is 1.20. The van der Waals surface area contributed by atoms with Crippen LogP contribution >= 0.6 is 0 Å². The van der Waals surface area contributed by atoms with Crippen molar-refractivity contribution in [3.8, 4) is 0 Å². The third kappa shape index (κ3) is 5.71. The van der Waals surface area contributed by atoms with Gasteiger partial charge in [-0.1, -0.05) is 12.1 Å². The van der Waals surface area contributed by atoms with Crippen LogP contribution in [0.5, 0.6) is 0 Å². The Morgan fingerprint density at radius 1 is 0.810 bits per heavy atom. The van der Waals surface area contributed by atoms with Crippen LogP contribution in [0.15, 0.2) is 36.4 Å². The molecule has 4 fully saturated rings. The largest absolute Gasteiger partial charge is 0.342 e. The van der Waals surface area contributed by atoms with E-state index in [1.807, 2.05) is 15.9 Å². The first-order chi connectivity index (χ1) is 20.0. The Morgan fingerprint density at radius 3 is 2.02 bits per heavy atom. The Kier molecular flexibility index (Phi) is 7.88. The molecule has 0 aromatic heterocycles. The molecule has 3 atom stereocenters. The molecule has 0 radical (unpaired) electrons. The summed E-state index contributed by atoms with van der Waals surface area (Å²) in [5.41, 5.74) is 2.08. The van der Waals surface area contributed by atoms with E-state index >= 15 is 0 Å². The van der Waals surface area contributed by atoms with Gasteiger partial charge in [0.2, 0.25) is 11.8 Å². The number of likely N-dealkylation sites (tertiary alicyclic amines) is 3. The first-order valence-corrected chi connectivity index (χ1v) is 15.6. The van der Waals surface area contributed by atoms with Crippen molar-refractivity contribution in [3.63, 3.8) is 0 Å². The minimum atomic E-state index is -0.623. The van der Waals surface area contributed by atoms with Gasteiger partial charge in [0, 0.05) is 56.8 Å². The summed E-state index contributed by atoms with van der Waals surface area (Å²) >= 11 is 0. The molecule has 4 aliphatic rings. The summed E-state index contributed by atoms with van der Waals surface area (Å²) in [6.45, 7) is 9.99. The second-order valence-corrected chi connectivity index (χ2v) is 13.8. The average molecular weight is 582 g/mol. The Morgan fingerprint density at radius 2 is 1.45 bits per heavy atom. The van der Waals surface area contributed by atoms with E-state index in [0.29, 0.717) is 31.7 Å². The van der Waals surface area contributed by atoms with Crippen LogP contribution in [-0.4, -0.2) is 71.3 Å². The number of piperidine rings is 1. The second kappa shape index (κ2) is 11.3. The number of carbonyl (C=O) groups is 2. The van der Waals surface area contributed by atoms with E-state index in [9.17, 15) is 22.8 Å². The number of amides is 2. The van der Waals surface area contributed by atoms with E-state index in [1.165, 1.54) is 18.2 Å². The molecule has 5 nitrogen and oxygen atoms in total. The number of benzene rings is 2. The molecule has 2 aromatic rings. The van der Waals surface area contributed by atoms with Gasteiger partial charge in [0.15, 0.2) is 0 Å². The van der Waals surface area contributed by atoms with E-state index in [2.05, 4.69) is 25.7 Å². The van der Waals surface area contributed by atoms with Crippen LogP contribution in [0, 0.1) is 29.3 Å². The predicted molar refractivity (Wildman–Crippen MR) is 156 cm³/mol. The Labute approximate surface area is 247 Å². The third-order valence-corrected chi connectivity index (χ3v) is 10.1. The lowest BCUT2D eigenvalue weighted by Gasteiger charge is -2.37. The summed E-state index contributed by atoms with van der Waals surface area (Å²) in [5.74, 6) is -2.05. The lowest BCUT2D eigenvalue weighted by atomic mass is 9.80. The lowest BCUT2D eigenvalue weighted by Crippen LogP contribution is -2.45. The fourth-order valence-corrected chi connectivity index (χ4v) is 7.30. The van der Waals surface area contributed by atoms with Gasteiger partial charge in [0.05, 0.1) is 11.8 Å². The van der Waals surface area contributed by atoms with Crippen molar-refractivity contribution in [2.45, 2.75) is 76.2 Å². The van der Waals surface area contributed by atoms with Crippen molar-refractivity contribution < 1.29 is 22.8 Å². The first-order valence-electron chi connectivity index (χ1n) is 15.6. The molecule has 3 aliphatic heterocycles. The fraction of sp³-hybridized carbons (Fsp3) is 0.588. The molecule has 6 rings (SSSR count). The predicted octanol–water partition coefficient (Wildman–Crippen LogP) is 6.05. The van der Waals surface area contributed by atoms with Gasteiger partial charge in [-0.05, 0) is 99.6 Å². The standard InChI is InChI=1S/C34H42F3N3O2/c1-34(2,3)40-19-28(26-10-8-24(36)18-30(26)37)29(20-40)32(41)39-15-11-21(12-16-39)25-9-7-23(35)17-27(25)31(22-5-6-22)33(42)38-13-4-14-38/h7-10,17-18,21-22,28-29,31H,4-6,11-16,19-20H2,1-3H3. The molecule has 3 unspecified atom stereocenters. The highest BCUT2D eigenvalue weighted by Crippen LogP contribution is 2.47. The normalized spacial score (nSPS) is 24.5. The summed E-state index contributed by atoms with van der Waals surface area (Å²) in [6.07, 6.45) is 4.47. The van der Waals surface area contributed by atoms with Gasteiger partial charge in [-0.15, -0.1) is 0 Å². The van der Waals surface area contributed by atoms with Gasteiger partial charge in [-0.2, -0.15) is 0 Å². The van der Waals surface area contributed by atoms with Crippen molar-refractivity contribution in [1.29, 1.82) is 0 Å². The van der Waals surface area contributed by atoms with E-state index in [0.717, 1.165) is 62.4 Å². The summed E-state index contributed by atoms with van der Waals surface area (Å²) < 4.78 is 43.2.